The largest absolute Gasteiger partial charge is 0.397 e. The zero-order chi connectivity index (χ0) is 12.9. The van der Waals surface area contributed by atoms with Crippen LogP contribution in [0.5, 0.6) is 0 Å². The molecule has 0 bridgehead atoms. The van der Waals surface area contributed by atoms with Crippen LogP contribution in [0.3, 0.4) is 0 Å². The number of aromatic nitrogens is 2. The van der Waals surface area contributed by atoms with Crippen molar-refractivity contribution in [3.8, 4) is 0 Å². The molecule has 1 atom stereocenters. The second-order valence-electron chi connectivity index (χ2n) is 5.06. The molecule has 1 fully saturated rings. The molecule has 1 saturated carbocycles. The van der Waals surface area contributed by atoms with Crippen LogP contribution in [0.2, 0.25) is 0 Å². The average molecular weight is 263 g/mol. The van der Waals surface area contributed by atoms with Crippen LogP contribution in [0.4, 0.5) is 5.69 Å². The van der Waals surface area contributed by atoms with Gasteiger partial charge in [0.25, 0.3) is 0 Å². The maximum atomic E-state index is 6.15. The van der Waals surface area contributed by atoms with E-state index in [-0.39, 0.29) is 5.60 Å². The zero-order valence-electron chi connectivity index (χ0n) is 10.9. The molecule has 0 amide bonds. The van der Waals surface area contributed by atoms with Gasteiger partial charge in [-0.1, -0.05) is 11.3 Å². The van der Waals surface area contributed by atoms with E-state index in [1.54, 1.807) is 24.6 Å². The summed E-state index contributed by atoms with van der Waals surface area (Å²) in [5.74, 6) is 0.539. The summed E-state index contributed by atoms with van der Waals surface area (Å²) in [4.78, 5) is 9.90. The van der Waals surface area contributed by atoms with E-state index < -0.39 is 0 Å². The molecule has 0 spiro atoms. The molecule has 4 nitrogen and oxygen atoms in total. The van der Waals surface area contributed by atoms with Gasteiger partial charge in [0.05, 0.1) is 22.5 Å². The summed E-state index contributed by atoms with van der Waals surface area (Å²) in [5.41, 5.74) is 8.41. The maximum Gasteiger partial charge on any atom is 0.143 e. The lowest BCUT2D eigenvalue weighted by Crippen LogP contribution is -2.28. The number of hydrogen-bond acceptors (Lipinski definition) is 5. The van der Waals surface area contributed by atoms with E-state index in [0.717, 1.165) is 20.9 Å². The van der Waals surface area contributed by atoms with Crippen LogP contribution in [0.1, 0.15) is 30.3 Å². The van der Waals surface area contributed by atoms with Crippen molar-refractivity contribution in [1.29, 1.82) is 0 Å². The summed E-state index contributed by atoms with van der Waals surface area (Å²) in [6, 6.07) is 0. The molecule has 3 rings (SSSR count). The van der Waals surface area contributed by atoms with Crippen LogP contribution in [0.15, 0.2) is 6.20 Å². The maximum absolute atomic E-state index is 6.15. The second kappa shape index (κ2) is 3.90. The summed E-state index contributed by atoms with van der Waals surface area (Å²) in [6.07, 6.45) is 4.11. The van der Waals surface area contributed by atoms with Gasteiger partial charge in [0.15, 0.2) is 0 Å². The summed E-state index contributed by atoms with van der Waals surface area (Å²) in [5, 5.41) is 1.01. The molecule has 0 saturated heterocycles. The lowest BCUT2D eigenvalue weighted by molar-refractivity contribution is -0.0162. The molecule has 0 aliphatic heterocycles. The third-order valence-corrected chi connectivity index (χ3v) is 4.72. The van der Waals surface area contributed by atoms with Gasteiger partial charge < -0.3 is 10.5 Å². The molecular weight excluding hydrogens is 246 g/mol. The van der Waals surface area contributed by atoms with Gasteiger partial charge in [-0.05, 0) is 32.6 Å². The number of nitrogens with zero attached hydrogens (tertiary/aromatic N) is 2. The van der Waals surface area contributed by atoms with Gasteiger partial charge >= 0.3 is 0 Å². The lowest BCUT2D eigenvalue weighted by atomic mass is 9.89. The number of fused-ring (bicyclic) bond motifs is 1. The highest BCUT2D eigenvalue weighted by Crippen LogP contribution is 2.50. The van der Waals surface area contributed by atoms with Crippen molar-refractivity contribution in [1.82, 2.24) is 9.97 Å². The Balaban J connectivity index is 2.28. The first-order chi connectivity index (χ1) is 8.56. The average Bonchev–Trinajstić information content (AvgIpc) is 3.12. The number of anilines is 1. The fourth-order valence-electron chi connectivity index (χ4n) is 2.62. The first-order valence-corrected chi connectivity index (χ1v) is 6.95. The Morgan fingerprint density at radius 1 is 1.50 bits per heavy atom. The number of nitrogen functional groups attached to an aromatic ring is 1. The van der Waals surface area contributed by atoms with Crippen LogP contribution in [-0.4, -0.2) is 17.1 Å². The minimum Gasteiger partial charge on any atom is -0.397 e. The van der Waals surface area contributed by atoms with E-state index in [2.05, 4.69) is 16.9 Å². The van der Waals surface area contributed by atoms with Crippen LogP contribution in [0.25, 0.3) is 10.3 Å². The Bertz CT molecular complexity index is 606. The first-order valence-electron chi connectivity index (χ1n) is 6.13. The Morgan fingerprint density at radius 3 is 2.83 bits per heavy atom. The smallest absolute Gasteiger partial charge is 0.143 e. The first kappa shape index (κ1) is 11.9. The van der Waals surface area contributed by atoms with Crippen molar-refractivity contribution < 1.29 is 4.74 Å². The van der Waals surface area contributed by atoms with Gasteiger partial charge in [0, 0.05) is 12.7 Å². The standard InChI is InChI=1S/C13H17N3OS/c1-7-16-11-10(9(14)6-15-12(11)18-7)13(2,17-3)8-4-5-8/h6,8H,4-5,14H2,1-3H3. The van der Waals surface area contributed by atoms with Crippen LogP contribution in [0, 0.1) is 12.8 Å². The highest BCUT2D eigenvalue weighted by Gasteiger charge is 2.45. The number of nitrogens with two attached hydrogens (primary N) is 1. The van der Waals surface area contributed by atoms with Gasteiger partial charge in [0.1, 0.15) is 10.3 Å². The van der Waals surface area contributed by atoms with Crippen molar-refractivity contribution in [3.05, 3.63) is 16.8 Å². The zero-order valence-corrected chi connectivity index (χ0v) is 11.7. The normalized spacial score (nSPS) is 19.1. The molecule has 1 aliphatic carbocycles. The third kappa shape index (κ3) is 1.61. The quantitative estimate of drug-likeness (QED) is 0.925. The monoisotopic (exact) mass is 263 g/mol. The predicted octanol–water partition coefficient (Wildman–Crippen LogP) is 2.85. The Morgan fingerprint density at radius 2 is 2.22 bits per heavy atom. The van der Waals surface area contributed by atoms with Gasteiger partial charge in [0.2, 0.25) is 0 Å². The summed E-state index contributed by atoms with van der Waals surface area (Å²) in [6.45, 7) is 4.11. The topological polar surface area (TPSA) is 61.0 Å². The molecule has 0 radical (unpaired) electrons. The second-order valence-corrected chi connectivity index (χ2v) is 6.24. The third-order valence-electron chi connectivity index (χ3n) is 3.84. The molecule has 1 aliphatic rings. The summed E-state index contributed by atoms with van der Waals surface area (Å²) >= 11 is 1.60. The molecule has 2 N–H and O–H groups in total. The van der Waals surface area contributed by atoms with Crippen molar-refractivity contribution >= 4 is 27.4 Å². The minimum absolute atomic E-state index is 0.341. The van der Waals surface area contributed by atoms with Crippen molar-refractivity contribution in [2.75, 3.05) is 12.8 Å². The molecule has 96 valence electrons. The molecule has 0 aromatic carbocycles. The number of hydrogen-bond donors (Lipinski definition) is 1. The fourth-order valence-corrected chi connectivity index (χ4v) is 3.39. The van der Waals surface area contributed by atoms with Gasteiger partial charge in [-0.15, -0.1) is 0 Å². The Hall–Kier alpha value is -1.20. The number of ether oxygens (including phenoxy) is 1. The van der Waals surface area contributed by atoms with Crippen LogP contribution in [-0.2, 0) is 10.3 Å². The number of thiazole rings is 1. The Labute approximate surface area is 110 Å². The van der Waals surface area contributed by atoms with E-state index in [4.69, 9.17) is 10.5 Å². The van der Waals surface area contributed by atoms with E-state index in [1.807, 2.05) is 6.92 Å². The van der Waals surface area contributed by atoms with Gasteiger partial charge in [-0.25, -0.2) is 9.97 Å². The van der Waals surface area contributed by atoms with Crippen molar-refractivity contribution in [2.45, 2.75) is 32.3 Å². The lowest BCUT2D eigenvalue weighted by Gasteiger charge is -2.30. The van der Waals surface area contributed by atoms with Gasteiger partial charge in [-0.2, -0.15) is 0 Å². The fraction of sp³-hybridized carbons (Fsp3) is 0.538. The highest BCUT2D eigenvalue weighted by atomic mass is 32.1. The molecule has 2 aromatic rings. The molecule has 2 aromatic heterocycles. The summed E-state index contributed by atoms with van der Waals surface area (Å²) < 4.78 is 5.80. The number of rotatable bonds is 3. The molecule has 1 unspecified atom stereocenters. The Kier molecular flexibility index (Phi) is 2.57. The number of pyridine rings is 1. The molecule has 5 heteroatoms. The number of methoxy groups -OCH3 is 1. The molecule has 18 heavy (non-hydrogen) atoms. The van der Waals surface area contributed by atoms with Crippen molar-refractivity contribution in [2.24, 2.45) is 5.92 Å². The molecular formula is C13H17N3OS. The minimum atomic E-state index is -0.341. The summed E-state index contributed by atoms with van der Waals surface area (Å²) in [7, 11) is 1.75. The van der Waals surface area contributed by atoms with E-state index in [0.29, 0.717) is 11.6 Å². The van der Waals surface area contributed by atoms with E-state index >= 15 is 0 Å². The number of aryl methyl sites for hydroxylation is 1. The van der Waals surface area contributed by atoms with Crippen LogP contribution < -0.4 is 5.73 Å². The van der Waals surface area contributed by atoms with Crippen LogP contribution >= 0.6 is 11.3 Å². The highest BCUT2D eigenvalue weighted by molar-refractivity contribution is 7.18. The van der Waals surface area contributed by atoms with Crippen molar-refractivity contribution in [3.63, 3.8) is 0 Å². The SMILES string of the molecule is COC(C)(c1c(N)cnc2sc(C)nc12)C1CC1. The molecule has 2 heterocycles. The van der Waals surface area contributed by atoms with Gasteiger partial charge in [-0.3, -0.25) is 0 Å². The van der Waals surface area contributed by atoms with E-state index in [9.17, 15) is 0 Å². The van der Waals surface area contributed by atoms with E-state index in [1.165, 1.54) is 12.8 Å². The predicted molar refractivity (Wildman–Crippen MR) is 73.6 cm³/mol.